The Balaban J connectivity index is 1.88. The number of hydrogen-bond donors (Lipinski definition) is 2. The van der Waals surface area contributed by atoms with Gasteiger partial charge in [0.05, 0.1) is 16.3 Å². The molecule has 9 heteroatoms. The number of rotatable bonds is 6. The summed E-state index contributed by atoms with van der Waals surface area (Å²) < 4.78 is 4.92. The topological polar surface area (TPSA) is 112 Å². The first-order valence-corrected chi connectivity index (χ1v) is 9.15. The molecule has 0 radical (unpaired) electrons. The Morgan fingerprint density at radius 1 is 1.37 bits per heavy atom. The molecule has 0 aliphatic rings. The summed E-state index contributed by atoms with van der Waals surface area (Å²) in [6.45, 7) is 2.94. The number of aryl methyl sites for hydroxylation is 1. The molecule has 0 unspecified atom stereocenters. The van der Waals surface area contributed by atoms with Crippen LogP contribution in [0.4, 0.5) is 5.69 Å². The molecular weight excluding hydrogens is 390 g/mol. The summed E-state index contributed by atoms with van der Waals surface area (Å²) in [5.41, 5.74) is 1.70. The highest BCUT2D eigenvalue weighted by Crippen LogP contribution is 2.23. The number of carbonyl (C=O) groups is 2. The van der Waals surface area contributed by atoms with Crippen LogP contribution in [0.1, 0.15) is 16.7 Å². The molecule has 0 aliphatic carbocycles. The predicted molar refractivity (Wildman–Crippen MR) is 103 cm³/mol. The van der Waals surface area contributed by atoms with Gasteiger partial charge in [0.15, 0.2) is 6.61 Å². The molecule has 1 aromatic carbocycles. The highest BCUT2D eigenvalue weighted by molar-refractivity contribution is 7.99. The number of nitrogens with one attached hydrogen (secondary N) is 2. The standard InChI is InChI=1S/C18H16ClN3O4S/c1-10-6-15(23)22-18(12(10)7-20)27-9-17(25)26-8-16(24)21-14-5-3-4-13(19)11(14)2/h3-6H,8-9H2,1-2H3,(H,21,24)(H,22,23). The van der Waals surface area contributed by atoms with Crippen LogP contribution in [0.15, 0.2) is 34.1 Å². The average molecular weight is 406 g/mol. The molecule has 1 amide bonds. The Labute approximate surface area is 164 Å². The summed E-state index contributed by atoms with van der Waals surface area (Å²) >= 11 is 6.95. The lowest BCUT2D eigenvalue weighted by Gasteiger charge is -2.10. The van der Waals surface area contributed by atoms with Crippen LogP contribution in [0.3, 0.4) is 0 Å². The van der Waals surface area contributed by atoms with Crippen molar-refractivity contribution in [1.29, 1.82) is 5.26 Å². The van der Waals surface area contributed by atoms with Crippen LogP contribution in [-0.4, -0.2) is 29.2 Å². The normalized spacial score (nSPS) is 10.1. The van der Waals surface area contributed by atoms with Gasteiger partial charge in [-0.1, -0.05) is 29.4 Å². The van der Waals surface area contributed by atoms with Gasteiger partial charge in [-0.05, 0) is 37.1 Å². The van der Waals surface area contributed by atoms with E-state index < -0.39 is 18.5 Å². The van der Waals surface area contributed by atoms with E-state index in [2.05, 4.69) is 10.3 Å². The molecule has 2 rings (SSSR count). The Bertz CT molecular complexity index is 982. The lowest BCUT2D eigenvalue weighted by molar-refractivity contribution is -0.144. The minimum Gasteiger partial charge on any atom is -0.455 e. The molecule has 0 saturated heterocycles. The number of ether oxygens (including phenoxy) is 1. The van der Waals surface area contributed by atoms with E-state index in [4.69, 9.17) is 21.6 Å². The van der Waals surface area contributed by atoms with Gasteiger partial charge < -0.3 is 15.0 Å². The molecule has 0 fully saturated rings. The summed E-state index contributed by atoms with van der Waals surface area (Å²) in [6.07, 6.45) is 0. The van der Waals surface area contributed by atoms with Gasteiger partial charge in [0.1, 0.15) is 6.07 Å². The van der Waals surface area contributed by atoms with E-state index in [1.54, 1.807) is 32.0 Å². The monoisotopic (exact) mass is 405 g/mol. The number of aromatic nitrogens is 1. The SMILES string of the molecule is Cc1cc(=O)[nH]c(SCC(=O)OCC(=O)Nc2cccc(Cl)c2C)c1C#N. The van der Waals surface area contributed by atoms with Gasteiger partial charge in [-0.3, -0.25) is 14.4 Å². The minimum atomic E-state index is -0.649. The first-order chi connectivity index (χ1) is 12.8. The second-order valence-corrected chi connectivity index (χ2v) is 6.94. The van der Waals surface area contributed by atoms with E-state index in [1.165, 1.54) is 6.07 Å². The number of carbonyl (C=O) groups excluding carboxylic acids is 2. The maximum atomic E-state index is 11.9. The molecule has 7 nitrogen and oxygen atoms in total. The summed E-state index contributed by atoms with van der Waals surface area (Å²) in [4.78, 5) is 37.8. The molecule has 0 spiro atoms. The number of esters is 1. The number of aromatic amines is 1. The molecule has 1 heterocycles. The lowest BCUT2D eigenvalue weighted by Crippen LogP contribution is -2.22. The zero-order valence-corrected chi connectivity index (χ0v) is 16.2. The van der Waals surface area contributed by atoms with Gasteiger partial charge >= 0.3 is 5.97 Å². The second kappa shape index (κ2) is 9.26. The molecule has 0 atom stereocenters. The van der Waals surface area contributed by atoms with Crippen LogP contribution < -0.4 is 10.9 Å². The number of benzene rings is 1. The van der Waals surface area contributed by atoms with Crippen LogP contribution in [-0.2, 0) is 14.3 Å². The summed E-state index contributed by atoms with van der Waals surface area (Å²) in [7, 11) is 0. The molecular formula is C18H16ClN3O4S. The molecule has 0 aliphatic heterocycles. The number of amides is 1. The number of hydrogen-bond acceptors (Lipinski definition) is 6. The van der Waals surface area contributed by atoms with E-state index in [0.717, 1.165) is 11.8 Å². The van der Waals surface area contributed by atoms with Gasteiger partial charge in [-0.25, -0.2) is 0 Å². The smallest absolute Gasteiger partial charge is 0.316 e. The fourth-order valence-electron chi connectivity index (χ4n) is 2.15. The van der Waals surface area contributed by atoms with Crippen molar-refractivity contribution in [1.82, 2.24) is 4.98 Å². The van der Waals surface area contributed by atoms with E-state index >= 15 is 0 Å². The third-order valence-electron chi connectivity index (χ3n) is 3.56. The largest absolute Gasteiger partial charge is 0.455 e. The third-order valence-corrected chi connectivity index (χ3v) is 4.94. The van der Waals surface area contributed by atoms with Gasteiger partial charge in [0.2, 0.25) is 5.56 Å². The van der Waals surface area contributed by atoms with Crippen molar-refractivity contribution in [2.45, 2.75) is 18.9 Å². The van der Waals surface area contributed by atoms with Gasteiger partial charge in [0, 0.05) is 16.8 Å². The van der Waals surface area contributed by atoms with E-state index in [9.17, 15) is 14.4 Å². The molecule has 140 valence electrons. The fraction of sp³-hybridized carbons (Fsp3) is 0.222. The first-order valence-electron chi connectivity index (χ1n) is 7.79. The molecule has 0 bridgehead atoms. The Morgan fingerprint density at radius 2 is 2.11 bits per heavy atom. The molecule has 27 heavy (non-hydrogen) atoms. The van der Waals surface area contributed by atoms with Crippen LogP contribution in [0.2, 0.25) is 5.02 Å². The van der Waals surface area contributed by atoms with Gasteiger partial charge in [-0.15, -0.1) is 0 Å². The van der Waals surface area contributed by atoms with Crippen molar-refractivity contribution in [2.75, 3.05) is 17.7 Å². The summed E-state index contributed by atoms with van der Waals surface area (Å²) in [5.74, 6) is -1.30. The highest BCUT2D eigenvalue weighted by Gasteiger charge is 2.13. The molecule has 1 aromatic heterocycles. The number of thioether (sulfide) groups is 1. The van der Waals surface area contributed by atoms with E-state index in [1.807, 2.05) is 6.07 Å². The van der Waals surface area contributed by atoms with Crippen LogP contribution in [0.5, 0.6) is 0 Å². The van der Waals surface area contributed by atoms with Crippen molar-refractivity contribution in [2.24, 2.45) is 0 Å². The summed E-state index contributed by atoms with van der Waals surface area (Å²) in [6, 6.07) is 8.38. The molecule has 0 saturated carbocycles. The average Bonchev–Trinajstić information content (AvgIpc) is 2.61. The maximum Gasteiger partial charge on any atom is 0.316 e. The van der Waals surface area contributed by atoms with E-state index in [0.29, 0.717) is 32.4 Å². The lowest BCUT2D eigenvalue weighted by atomic mass is 10.2. The minimum absolute atomic E-state index is 0.155. The van der Waals surface area contributed by atoms with Crippen molar-refractivity contribution in [3.63, 3.8) is 0 Å². The third kappa shape index (κ3) is 5.61. The molecule has 2 aromatic rings. The van der Waals surface area contributed by atoms with Crippen molar-refractivity contribution in [3.05, 3.63) is 56.3 Å². The quantitative estimate of drug-likeness (QED) is 0.564. The number of nitriles is 1. The van der Waals surface area contributed by atoms with Crippen LogP contribution in [0, 0.1) is 25.2 Å². The number of pyridine rings is 1. The maximum absolute atomic E-state index is 11.9. The Kier molecular flexibility index (Phi) is 7.05. The Morgan fingerprint density at radius 3 is 2.81 bits per heavy atom. The van der Waals surface area contributed by atoms with Crippen molar-refractivity contribution >= 4 is 40.9 Å². The fourth-order valence-corrected chi connectivity index (χ4v) is 3.20. The number of anilines is 1. The van der Waals surface area contributed by atoms with Gasteiger partial charge in [0.25, 0.3) is 5.91 Å². The summed E-state index contributed by atoms with van der Waals surface area (Å²) in [5, 5.41) is 12.6. The van der Waals surface area contributed by atoms with Crippen molar-refractivity contribution in [3.8, 4) is 6.07 Å². The van der Waals surface area contributed by atoms with Crippen LogP contribution in [0.25, 0.3) is 0 Å². The number of nitrogens with zero attached hydrogens (tertiary/aromatic N) is 1. The first kappa shape index (κ1) is 20.6. The number of H-pyrrole nitrogens is 1. The van der Waals surface area contributed by atoms with E-state index in [-0.39, 0.29) is 11.3 Å². The van der Waals surface area contributed by atoms with Crippen LogP contribution >= 0.6 is 23.4 Å². The number of halogens is 1. The molecule has 2 N–H and O–H groups in total. The zero-order chi connectivity index (χ0) is 20.0. The highest BCUT2D eigenvalue weighted by atomic mass is 35.5. The van der Waals surface area contributed by atoms with Gasteiger partial charge in [-0.2, -0.15) is 5.26 Å². The van der Waals surface area contributed by atoms with Crippen molar-refractivity contribution < 1.29 is 14.3 Å². The Hall–Kier alpha value is -2.76. The second-order valence-electron chi connectivity index (χ2n) is 5.54. The zero-order valence-electron chi connectivity index (χ0n) is 14.6. The predicted octanol–water partition coefficient (Wildman–Crippen LogP) is 2.79.